The number of aryl methyl sites for hydroxylation is 1. The molecule has 0 atom stereocenters. The first-order chi connectivity index (χ1) is 16.5. The van der Waals surface area contributed by atoms with E-state index in [1.165, 1.54) is 0 Å². The maximum absolute atomic E-state index is 12.8. The van der Waals surface area contributed by atoms with Gasteiger partial charge in [0.1, 0.15) is 11.5 Å². The Morgan fingerprint density at radius 1 is 1.03 bits per heavy atom. The number of carbonyl (C=O) groups is 1. The quantitative estimate of drug-likeness (QED) is 0.389. The fraction of sp³-hybridized carbons (Fsp3) is 0.231. The summed E-state index contributed by atoms with van der Waals surface area (Å²) in [7, 11) is 0. The first-order valence-electron chi connectivity index (χ1n) is 11.2. The van der Waals surface area contributed by atoms with Gasteiger partial charge in [-0.15, -0.1) is 5.10 Å². The van der Waals surface area contributed by atoms with E-state index in [1.807, 2.05) is 68.4 Å². The third-order valence-electron chi connectivity index (χ3n) is 5.16. The molecule has 0 aliphatic rings. The minimum atomic E-state index is -0.316. The molecule has 4 aromatic rings. The fourth-order valence-corrected chi connectivity index (χ4v) is 3.39. The van der Waals surface area contributed by atoms with Crippen LogP contribution in [0.3, 0.4) is 0 Å². The van der Waals surface area contributed by atoms with E-state index >= 15 is 0 Å². The zero-order valence-electron chi connectivity index (χ0n) is 19.5. The lowest BCUT2D eigenvalue weighted by Crippen LogP contribution is -2.24. The summed E-state index contributed by atoms with van der Waals surface area (Å²) >= 11 is 0. The lowest BCUT2D eigenvalue weighted by atomic mass is 10.2. The topological polar surface area (TPSA) is 91.2 Å². The van der Waals surface area contributed by atoms with Crippen LogP contribution in [0, 0.1) is 13.8 Å². The Kier molecular flexibility index (Phi) is 7.17. The van der Waals surface area contributed by atoms with E-state index in [1.54, 1.807) is 16.9 Å². The number of carbonyl (C=O) groups excluding carboxylic acids is 1. The average Bonchev–Trinajstić information content (AvgIpc) is 3.24. The molecule has 174 valence electrons. The lowest BCUT2D eigenvalue weighted by molar-refractivity contribution is 0.0945. The van der Waals surface area contributed by atoms with Crippen molar-refractivity contribution < 1.29 is 14.3 Å². The van der Waals surface area contributed by atoms with E-state index in [0.29, 0.717) is 23.9 Å². The molecule has 8 nitrogen and oxygen atoms in total. The molecular weight excluding hydrogens is 430 g/mol. The molecule has 0 bridgehead atoms. The highest BCUT2D eigenvalue weighted by Crippen LogP contribution is 2.25. The Labute approximate surface area is 198 Å². The van der Waals surface area contributed by atoms with Gasteiger partial charge in [0, 0.05) is 18.3 Å². The van der Waals surface area contributed by atoms with Crippen LogP contribution in [0.4, 0.5) is 0 Å². The monoisotopic (exact) mass is 457 g/mol. The van der Waals surface area contributed by atoms with Gasteiger partial charge >= 0.3 is 0 Å². The van der Waals surface area contributed by atoms with Gasteiger partial charge in [-0.1, -0.05) is 30.3 Å². The average molecular weight is 458 g/mol. The number of hydrogen-bond acceptors (Lipinski definition) is 6. The molecule has 4 rings (SSSR count). The van der Waals surface area contributed by atoms with Crippen molar-refractivity contribution in [3.63, 3.8) is 0 Å². The zero-order chi connectivity index (χ0) is 23.9. The second-order valence-electron chi connectivity index (χ2n) is 7.85. The number of amides is 1. The SMILES string of the molecule is CCCOc1ccc(Oc2ncccc2CNC(=O)c2nnn(-c3cccc(C)c3)c2C)cc1. The van der Waals surface area contributed by atoms with E-state index in [2.05, 4.69) is 27.5 Å². The van der Waals surface area contributed by atoms with Crippen molar-refractivity contribution in [2.75, 3.05) is 6.61 Å². The summed E-state index contributed by atoms with van der Waals surface area (Å²) in [6.45, 7) is 6.79. The Morgan fingerprint density at radius 2 is 1.82 bits per heavy atom. The molecule has 2 aromatic heterocycles. The predicted molar refractivity (Wildman–Crippen MR) is 129 cm³/mol. The summed E-state index contributed by atoms with van der Waals surface area (Å²) in [5.41, 5.74) is 3.64. The van der Waals surface area contributed by atoms with Gasteiger partial charge in [-0.3, -0.25) is 4.79 Å². The van der Waals surface area contributed by atoms with Crippen molar-refractivity contribution in [2.45, 2.75) is 33.7 Å². The fourth-order valence-electron chi connectivity index (χ4n) is 3.39. The molecule has 0 unspecified atom stereocenters. The smallest absolute Gasteiger partial charge is 0.274 e. The van der Waals surface area contributed by atoms with Crippen LogP contribution >= 0.6 is 0 Å². The second-order valence-corrected chi connectivity index (χ2v) is 7.85. The number of pyridine rings is 1. The van der Waals surface area contributed by atoms with Gasteiger partial charge in [0.2, 0.25) is 5.88 Å². The third kappa shape index (κ3) is 5.40. The van der Waals surface area contributed by atoms with Crippen molar-refractivity contribution in [2.24, 2.45) is 0 Å². The first kappa shape index (κ1) is 23.0. The molecule has 0 radical (unpaired) electrons. The number of hydrogen-bond donors (Lipinski definition) is 1. The molecule has 1 N–H and O–H groups in total. The van der Waals surface area contributed by atoms with Crippen LogP contribution < -0.4 is 14.8 Å². The van der Waals surface area contributed by atoms with Gasteiger partial charge in [-0.05, 0) is 68.3 Å². The first-order valence-corrected chi connectivity index (χ1v) is 11.2. The van der Waals surface area contributed by atoms with E-state index < -0.39 is 0 Å². The van der Waals surface area contributed by atoms with Crippen LogP contribution in [0.5, 0.6) is 17.4 Å². The van der Waals surface area contributed by atoms with Gasteiger partial charge in [0.15, 0.2) is 5.69 Å². The molecule has 2 heterocycles. The maximum atomic E-state index is 12.8. The molecular formula is C26H27N5O3. The maximum Gasteiger partial charge on any atom is 0.274 e. The van der Waals surface area contributed by atoms with Gasteiger partial charge < -0.3 is 14.8 Å². The van der Waals surface area contributed by atoms with Gasteiger partial charge in [0.05, 0.1) is 18.0 Å². The van der Waals surface area contributed by atoms with Crippen LogP contribution in [0.1, 0.15) is 40.7 Å². The molecule has 0 spiro atoms. The number of nitrogens with zero attached hydrogens (tertiary/aromatic N) is 4. The molecule has 34 heavy (non-hydrogen) atoms. The van der Waals surface area contributed by atoms with Crippen molar-refractivity contribution in [3.05, 3.63) is 89.4 Å². The Bertz CT molecular complexity index is 1270. The summed E-state index contributed by atoms with van der Waals surface area (Å²) in [5.74, 6) is 1.53. The summed E-state index contributed by atoms with van der Waals surface area (Å²) in [4.78, 5) is 17.2. The van der Waals surface area contributed by atoms with E-state index in [-0.39, 0.29) is 18.1 Å². The molecule has 0 aliphatic carbocycles. The minimum absolute atomic E-state index is 0.233. The highest BCUT2D eigenvalue weighted by Gasteiger charge is 2.18. The second kappa shape index (κ2) is 10.6. The van der Waals surface area contributed by atoms with Crippen LogP contribution in [-0.2, 0) is 6.54 Å². The van der Waals surface area contributed by atoms with Crippen molar-refractivity contribution in [3.8, 4) is 23.1 Å². The minimum Gasteiger partial charge on any atom is -0.494 e. The summed E-state index contributed by atoms with van der Waals surface area (Å²) in [6.07, 6.45) is 2.60. The Morgan fingerprint density at radius 3 is 2.59 bits per heavy atom. The van der Waals surface area contributed by atoms with Gasteiger partial charge in [0.25, 0.3) is 5.91 Å². The van der Waals surface area contributed by atoms with E-state index in [9.17, 15) is 4.79 Å². The summed E-state index contributed by atoms with van der Waals surface area (Å²) in [6, 6.07) is 18.9. The molecule has 0 aliphatic heterocycles. The van der Waals surface area contributed by atoms with Crippen molar-refractivity contribution in [1.29, 1.82) is 0 Å². The van der Waals surface area contributed by atoms with Crippen LogP contribution in [0.2, 0.25) is 0 Å². The lowest BCUT2D eigenvalue weighted by Gasteiger charge is -2.11. The number of benzene rings is 2. The van der Waals surface area contributed by atoms with Crippen molar-refractivity contribution in [1.82, 2.24) is 25.3 Å². The zero-order valence-corrected chi connectivity index (χ0v) is 19.5. The Balaban J connectivity index is 1.43. The summed E-state index contributed by atoms with van der Waals surface area (Å²) < 4.78 is 13.2. The number of aromatic nitrogens is 4. The highest BCUT2D eigenvalue weighted by molar-refractivity contribution is 5.93. The highest BCUT2D eigenvalue weighted by atomic mass is 16.5. The molecule has 0 saturated carbocycles. The van der Waals surface area contributed by atoms with Crippen LogP contribution in [0.25, 0.3) is 5.69 Å². The van der Waals surface area contributed by atoms with E-state index in [4.69, 9.17) is 9.47 Å². The van der Waals surface area contributed by atoms with Crippen molar-refractivity contribution >= 4 is 5.91 Å². The molecule has 8 heteroatoms. The third-order valence-corrected chi connectivity index (χ3v) is 5.16. The van der Waals surface area contributed by atoms with Gasteiger partial charge in [-0.25, -0.2) is 9.67 Å². The molecule has 2 aromatic carbocycles. The molecule has 1 amide bonds. The Hall–Kier alpha value is -4.20. The number of ether oxygens (including phenoxy) is 2. The normalized spacial score (nSPS) is 10.7. The van der Waals surface area contributed by atoms with Crippen LogP contribution in [-0.4, -0.2) is 32.5 Å². The number of rotatable bonds is 9. The summed E-state index contributed by atoms with van der Waals surface area (Å²) in [5, 5.41) is 11.2. The van der Waals surface area contributed by atoms with Gasteiger partial charge in [-0.2, -0.15) is 0 Å². The number of nitrogens with one attached hydrogen (secondary N) is 1. The molecule has 0 fully saturated rings. The largest absolute Gasteiger partial charge is 0.494 e. The van der Waals surface area contributed by atoms with E-state index in [0.717, 1.165) is 29.0 Å². The van der Waals surface area contributed by atoms with Crippen LogP contribution in [0.15, 0.2) is 66.9 Å². The predicted octanol–water partition coefficient (Wildman–Crippen LogP) is 4.79. The molecule has 0 saturated heterocycles. The standard InChI is InChI=1S/C26H27N5O3/c1-4-15-33-22-10-12-23(13-11-22)34-26-20(8-6-14-27-26)17-28-25(32)24-19(3)31(30-29-24)21-9-5-7-18(2)16-21/h5-14,16H,4,15,17H2,1-3H3,(H,28,32).